The Morgan fingerprint density at radius 1 is 0.880 bits per heavy atom. The lowest BCUT2D eigenvalue weighted by Gasteiger charge is -2.31. The van der Waals surface area contributed by atoms with Crippen LogP contribution in [0.2, 0.25) is 0 Å². The van der Waals surface area contributed by atoms with Crippen LogP contribution in [0.15, 0.2) is 36.2 Å². The van der Waals surface area contributed by atoms with Crippen LogP contribution in [0.5, 0.6) is 0 Å². The van der Waals surface area contributed by atoms with Crippen molar-refractivity contribution >= 4 is 18.8 Å². The van der Waals surface area contributed by atoms with Gasteiger partial charge in [-0.05, 0) is 18.3 Å². The molecule has 1 aromatic carbocycles. The van der Waals surface area contributed by atoms with E-state index in [0.717, 1.165) is 24.6 Å². The molecule has 0 amide bonds. The molecule has 0 saturated heterocycles. The molecule has 4 rings (SSSR count). The van der Waals surface area contributed by atoms with Crippen LogP contribution in [0, 0.1) is 29.1 Å². The smallest absolute Gasteiger partial charge is 0.396 e. The van der Waals surface area contributed by atoms with Crippen molar-refractivity contribution in [2.45, 2.75) is 0 Å². The second-order valence-corrected chi connectivity index (χ2v) is 5.51. The van der Waals surface area contributed by atoms with Crippen LogP contribution in [-0.2, 0) is 0 Å². The summed E-state index contributed by atoms with van der Waals surface area (Å²) in [5.41, 5.74) is -2.45. The highest BCUT2D eigenvalue weighted by atomic mass is 19.2. The van der Waals surface area contributed by atoms with Gasteiger partial charge in [-0.25, -0.2) is 22.0 Å². The number of aromatic nitrogens is 1. The second kappa shape index (κ2) is 4.87. The highest BCUT2D eigenvalue weighted by Gasteiger charge is 2.52. The SMILES string of the molecule is Fc1c(F)c(F)c(C2=C3C=CC=[N+]3[B-](F)(F)n3cccc32)c(F)c1F. The molecule has 3 heterocycles. The van der Waals surface area contributed by atoms with Crippen LogP contribution in [0.1, 0.15) is 11.3 Å². The van der Waals surface area contributed by atoms with Crippen LogP contribution in [0.25, 0.3) is 5.57 Å². The quantitative estimate of drug-likeness (QED) is 0.317. The van der Waals surface area contributed by atoms with Crippen molar-refractivity contribution in [1.82, 2.24) is 4.48 Å². The summed E-state index contributed by atoms with van der Waals surface area (Å²) >= 11 is 0. The molecule has 2 aliphatic heterocycles. The molecule has 0 aliphatic carbocycles. The van der Waals surface area contributed by atoms with Crippen LogP contribution >= 0.6 is 0 Å². The van der Waals surface area contributed by atoms with Crippen molar-refractivity contribution in [3.05, 3.63) is 76.5 Å². The number of rotatable bonds is 1. The standard InChI is InChI=1S/C15H6BF7N2/c17-11-10(12(18)14(20)15(21)13(11)19)9-7-3-1-5-24(7)16(22,23)25-6-2-4-8(9)25/h1-6H. The van der Waals surface area contributed by atoms with Gasteiger partial charge in [0.1, 0.15) is 6.21 Å². The zero-order valence-electron chi connectivity index (χ0n) is 12.1. The van der Waals surface area contributed by atoms with Gasteiger partial charge in [-0.15, -0.1) is 0 Å². The molecule has 1 aromatic heterocycles. The Hall–Kier alpha value is -2.78. The number of hydrogen-bond acceptors (Lipinski definition) is 0. The van der Waals surface area contributed by atoms with Crippen LogP contribution in [0.3, 0.4) is 0 Å². The lowest BCUT2D eigenvalue weighted by Crippen LogP contribution is -2.49. The summed E-state index contributed by atoms with van der Waals surface area (Å²) in [7, 11) is 0. The van der Waals surface area contributed by atoms with Crippen LogP contribution in [-0.4, -0.2) is 22.1 Å². The predicted octanol–water partition coefficient (Wildman–Crippen LogP) is 3.83. The first kappa shape index (κ1) is 15.7. The zero-order valence-corrected chi connectivity index (χ0v) is 12.1. The van der Waals surface area contributed by atoms with Gasteiger partial charge in [0.15, 0.2) is 29.0 Å². The summed E-state index contributed by atoms with van der Waals surface area (Å²) in [5, 5.41) is 0. The van der Waals surface area contributed by atoms with Gasteiger partial charge in [0, 0.05) is 17.8 Å². The van der Waals surface area contributed by atoms with E-state index in [1.54, 1.807) is 0 Å². The third-order valence-electron chi connectivity index (χ3n) is 4.20. The molecule has 10 heteroatoms. The molecular formula is C15H6BF7N2. The van der Waals surface area contributed by atoms with Crippen molar-refractivity contribution in [2.75, 3.05) is 0 Å². The van der Waals surface area contributed by atoms with Crippen LogP contribution < -0.4 is 0 Å². The van der Waals surface area contributed by atoms with Crippen molar-refractivity contribution in [2.24, 2.45) is 0 Å². The minimum atomic E-state index is -4.35. The number of nitrogens with zero attached hydrogens (tertiary/aromatic N) is 2. The summed E-state index contributed by atoms with van der Waals surface area (Å²) in [6, 6.07) is 2.32. The van der Waals surface area contributed by atoms with E-state index in [1.165, 1.54) is 12.1 Å². The molecule has 2 aromatic rings. The number of fused-ring (bicyclic) bond motifs is 2. The predicted molar refractivity (Wildman–Crippen MR) is 75.5 cm³/mol. The fourth-order valence-electron chi connectivity index (χ4n) is 3.10. The summed E-state index contributed by atoms with van der Waals surface area (Å²) in [6.45, 7) is -4.35. The van der Waals surface area contributed by atoms with E-state index < -0.39 is 47.2 Å². The highest BCUT2D eigenvalue weighted by Crippen LogP contribution is 2.41. The van der Waals surface area contributed by atoms with E-state index in [0.29, 0.717) is 8.96 Å². The summed E-state index contributed by atoms with van der Waals surface area (Å²) in [4.78, 5) is 0. The maximum Gasteiger partial charge on any atom is 0.737 e. The minimum Gasteiger partial charge on any atom is -0.396 e. The molecular weight excluding hydrogens is 352 g/mol. The van der Waals surface area contributed by atoms with E-state index in [1.807, 2.05) is 0 Å². The lowest BCUT2D eigenvalue weighted by atomic mass is 9.86. The molecule has 0 radical (unpaired) electrons. The molecule has 2 nitrogen and oxygen atoms in total. The molecule has 0 saturated carbocycles. The molecule has 0 fully saturated rings. The largest absolute Gasteiger partial charge is 0.737 e. The maximum atomic E-state index is 14.5. The fraction of sp³-hybridized carbons (Fsp3) is 0. The lowest BCUT2D eigenvalue weighted by molar-refractivity contribution is -0.356. The Kier molecular flexibility index (Phi) is 3.06. The summed E-state index contributed by atoms with van der Waals surface area (Å²) in [6.07, 6.45) is 4.28. The first-order valence-electron chi connectivity index (χ1n) is 7.02. The average molecular weight is 358 g/mol. The molecule has 0 spiro atoms. The number of hydrogen-bond donors (Lipinski definition) is 0. The fourth-order valence-corrected chi connectivity index (χ4v) is 3.10. The Bertz CT molecular complexity index is 1000. The normalized spacial score (nSPS) is 17.6. The Labute approximate surface area is 135 Å². The van der Waals surface area contributed by atoms with Gasteiger partial charge < -0.3 is 17.6 Å². The van der Waals surface area contributed by atoms with E-state index >= 15 is 0 Å². The molecule has 0 N–H and O–H groups in total. The molecule has 0 unspecified atom stereocenters. The van der Waals surface area contributed by atoms with Crippen molar-refractivity contribution < 1.29 is 35.1 Å². The molecule has 2 aliphatic rings. The Morgan fingerprint density at radius 2 is 1.48 bits per heavy atom. The third kappa shape index (κ3) is 1.84. The average Bonchev–Trinajstić information content (AvgIpc) is 3.24. The van der Waals surface area contributed by atoms with Crippen molar-refractivity contribution in [1.29, 1.82) is 0 Å². The number of benzene rings is 1. The summed E-state index contributed by atoms with van der Waals surface area (Å²) < 4.78 is 98.9. The Morgan fingerprint density at radius 3 is 2.12 bits per heavy atom. The van der Waals surface area contributed by atoms with Crippen LogP contribution in [0.4, 0.5) is 30.6 Å². The van der Waals surface area contributed by atoms with Gasteiger partial charge in [-0.3, -0.25) is 0 Å². The van der Waals surface area contributed by atoms with E-state index in [4.69, 9.17) is 0 Å². The topological polar surface area (TPSA) is 7.94 Å². The van der Waals surface area contributed by atoms with E-state index in [2.05, 4.69) is 0 Å². The molecule has 128 valence electrons. The van der Waals surface area contributed by atoms with E-state index in [-0.39, 0.29) is 11.4 Å². The first-order chi connectivity index (χ1) is 11.8. The maximum absolute atomic E-state index is 14.5. The van der Waals surface area contributed by atoms with Crippen molar-refractivity contribution in [3.8, 4) is 0 Å². The highest BCUT2D eigenvalue weighted by molar-refractivity contribution is 6.57. The van der Waals surface area contributed by atoms with Gasteiger partial charge >= 0.3 is 6.97 Å². The molecule has 0 atom stereocenters. The molecule has 0 bridgehead atoms. The number of halogens is 7. The van der Waals surface area contributed by atoms with Gasteiger partial charge in [-0.1, -0.05) is 0 Å². The number of allylic oxidation sites excluding steroid dienone is 2. The first-order valence-corrected chi connectivity index (χ1v) is 7.02. The monoisotopic (exact) mass is 358 g/mol. The third-order valence-corrected chi connectivity index (χ3v) is 4.20. The Balaban J connectivity index is 2.15. The van der Waals surface area contributed by atoms with E-state index in [9.17, 15) is 30.6 Å². The zero-order chi connectivity index (χ0) is 18.1. The molecule has 25 heavy (non-hydrogen) atoms. The van der Waals surface area contributed by atoms with Crippen molar-refractivity contribution in [3.63, 3.8) is 0 Å². The minimum absolute atomic E-state index is 0.348. The van der Waals surface area contributed by atoms with Gasteiger partial charge in [0.2, 0.25) is 5.82 Å². The van der Waals surface area contributed by atoms with Gasteiger partial charge in [0.25, 0.3) is 0 Å². The summed E-state index contributed by atoms with van der Waals surface area (Å²) in [5.74, 6) is -10.7. The van der Waals surface area contributed by atoms with Gasteiger partial charge in [-0.2, -0.15) is 0 Å². The second-order valence-electron chi connectivity index (χ2n) is 5.51. The van der Waals surface area contributed by atoms with Gasteiger partial charge in [0.05, 0.1) is 11.1 Å².